The summed E-state index contributed by atoms with van der Waals surface area (Å²) in [6.07, 6.45) is -0.493. The first-order valence-corrected chi connectivity index (χ1v) is 12.0. The molecule has 2 aliphatic heterocycles. The minimum Gasteiger partial charge on any atom is -0.447 e. The summed E-state index contributed by atoms with van der Waals surface area (Å²) in [5.41, 5.74) is 9.23. The monoisotopic (exact) mass is 489 g/mol. The number of amides is 1. The molecule has 3 heterocycles. The van der Waals surface area contributed by atoms with E-state index >= 15 is 0 Å². The van der Waals surface area contributed by atoms with Crippen molar-refractivity contribution >= 4 is 6.09 Å². The SMILES string of the molecule is Cc1[nH]nc2c1C(c1cc(C#CC3CN(C(=O)OC(C)C)C3)cc(CO)c1)(C(C)C)C(C#N)=C(N)O2. The number of benzene rings is 1. The number of hydrogen-bond donors (Lipinski definition) is 3. The van der Waals surface area contributed by atoms with Crippen LogP contribution in [-0.2, 0) is 16.8 Å². The second kappa shape index (κ2) is 9.60. The quantitative estimate of drug-likeness (QED) is 0.561. The van der Waals surface area contributed by atoms with Gasteiger partial charge in [0.2, 0.25) is 11.8 Å². The Bertz CT molecular complexity index is 1320. The fourth-order valence-corrected chi connectivity index (χ4v) is 5.03. The number of aromatic nitrogens is 2. The Kier molecular flexibility index (Phi) is 6.71. The predicted molar refractivity (Wildman–Crippen MR) is 132 cm³/mol. The van der Waals surface area contributed by atoms with Gasteiger partial charge in [-0.2, -0.15) is 5.26 Å². The van der Waals surface area contributed by atoms with E-state index in [1.54, 1.807) is 4.90 Å². The van der Waals surface area contributed by atoms with Gasteiger partial charge in [-0.05, 0) is 49.9 Å². The molecule has 2 aromatic rings. The van der Waals surface area contributed by atoms with Gasteiger partial charge < -0.3 is 25.2 Å². The number of ether oxygens (including phenoxy) is 2. The normalized spacial score (nSPS) is 19.2. The number of aliphatic hydroxyl groups excluding tert-OH is 1. The molecular weight excluding hydrogens is 458 g/mol. The highest BCUT2D eigenvalue weighted by Crippen LogP contribution is 2.52. The number of nitriles is 1. The van der Waals surface area contributed by atoms with Crippen molar-refractivity contribution < 1.29 is 19.4 Å². The third kappa shape index (κ3) is 4.16. The average Bonchev–Trinajstić information content (AvgIpc) is 3.16. The van der Waals surface area contributed by atoms with Crippen molar-refractivity contribution in [3.63, 3.8) is 0 Å². The molecule has 1 aromatic heterocycles. The van der Waals surface area contributed by atoms with Crippen molar-refractivity contribution in [2.75, 3.05) is 13.1 Å². The molecule has 1 unspecified atom stereocenters. The highest BCUT2D eigenvalue weighted by molar-refractivity contribution is 5.69. The smallest absolute Gasteiger partial charge is 0.410 e. The molecule has 0 bridgehead atoms. The van der Waals surface area contributed by atoms with E-state index < -0.39 is 5.41 Å². The summed E-state index contributed by atoms with van der Waals surface area (Å²) in [5, 5.41) is 27.5. The minimum atomic E-state index is -0.945. The Balaban J connectivity index is 1.75. The highest BCUT2D eigenvalue weighted by Gasteiger charge is 2.50. The molecule has 9 heteroatoms. The van der Waals surface area contributed by atoms with Gasteiger partial charge in [-0.15, -0.1) is 5.10 Å². The summed E-state index contributed by atoms with van der Waals surface area (Å²) >= 11 is 0. The number of nitrogens with zero attached hydrogens (tertiary/aromatic N) is 3. The number of aliphatic hydroxyl groups is 1. The summed E-state index contributed by atoms with van der Waals surface area (Å²) in [6.45, 7) is 10.4. The van der Waals surface area contributed by atoms with Gasteiger partial charge in [0.05, 0.1) is 29.6 Å². The number of carbonyl (C=O) groups is 1. The first-order chi connectivity index (χ1) is 17.1. The van der Waals surface area contributed by atoms with Gasteiger partial charge in [-0.1, -0.05) is 31.8 Å². The molecule has 1 saturated heterocycles. The van der Waals surface area contributed by atoms with Crippen molar-refractivity contribution in [2.24, 2.45) is 17.6 Å². The number of allylic oxidation sites excluding steroid dienone is 1. The van der Waals surface area contributed by atoms with Gasteiger partial charge in [0.1, 0.15) is 11.6 Å². The van der Waals surface area contributed by atoms with Crippen molar-refractivity contribution in [3.8, 4) is 23.8 Å². The fraction of sp³-hybridized carbons (Fsp3) is 0.444. The van der Waals surface area contributed by atoms with Gasteiger partial charge >= 0.3 is 6.09 Å². The molecule has 2 aliphatic rings. The minimum absolute atomic E-state index is 0.00933. The number of H-pyrrole nitrogens is 1. The molecule has 4 N–H and O–H groups in total. The lowest BCUT2D eigenvalue weighted by Crippen LogP contribution is -2.50. The number of fused-ring (bicyclic) bond motifs is 1. The second-order valence-corrected chi connectivity index (χ2v) is 9.83. The van der Waals surface area contributed by atoms with E-state index in [1.165, 1.54) is 0 Å². The second-order valence-electron chi connectivity index (χ2n) is 9.83. The number of nitrogens with two attached hydrogens (primary N) is 1. The summed E-state index contributed by atoms with van der Waals surface area (Å²) in [5.74, 6) is 6.71. The Morgan fingerprint density at radius 3 is 2.69 bits per heavy atom. The van der Waals surface area contributed by atoms with Gasteiger partial charge in [0.15, 0.2) is 0 Å². The number of hydrogen-bond acceptors (Lipinski definition) is 7. The molecule has 4 rings (SSSR count). The third-order valence-corrected chi connectivity index (χ3v) is 6.66. The zero-order chi connectivity index (χ0) is 26.2. The first-order valence-electron chi connectivity index (χ1n) is 12.0. The maximum Gasteiger partial charge on any atom is 0.410 e. The van der Waals surface area contributed by atoms with Gasteiger partial charge in [0.25, 0.3) is 0 Å². The van der Waals surface area contributed by atoms with E-state index in [1.807, 2.05) is 52.8 Å². The van der Waals surface area contributed by atoms with Crippen LogP contribution >= 0.6 is 0 Å². The number of aromatic amines is 1. The van der Waals surface area contributed by atoms with Crippen LogP contribution in [0, 0.1) is 41.9 Å². The van der Waals surface area contributed by atoms with Crippen LogP contribution in [0.2, 0.25) is 0 Å². The predicted octanol–water partition coefficient (Wildman–Crippen LogP) is 3.07. The van der Waals surface area contributed by atoms with Crippen LogP contribution in [0.25, 0.3) is 0 Å². The highest BCUT2D eigenvalue weighted by atomic mass is 16.6. The Labute approximate surface area is 210 Å². The summed E-state index contributed by atoms with van der Waals surface area (Å²) in [4.78, 5) is 13.6. The molecule has 188 valence electrons. The lowest BCUT2D eigenvalue weighted by atomic mass is 9.61. The maximum absolute atomic E-state index is 12.0. The summed E-state index contributed by atoms with van der Waals surface area (Å²) < 4.78 is 10.9. The average molecular weight is 490 g/mol. The van der Waals surface area contributed by atoms with Crippen molar-refractivity contribution in [1.82, 2.24) is 15.1 Å². The van der Waals surface area contributed by atoms with Crippen LogP contribution in [0.15, 0.2) is 29.7 Å². The molecule has 1 aromatic carbocycles. The maximum atomic E-state index is 12.0. The van der Waals surface area contributed by atoms with Crippen LogP contribution in [-0.4, -0.2) is 45.5 Å². The number of carbonyl (C=O) groups excluding carboxylic acids is 1. The lowest BCUT2D eigenvalue weighted by Gasteiger charge is -2.41. The molecule has 1 fully saturated rings. The van der Waals surface area contributed by atoms with Crippen molar-refractivity contribution in [1.29, 1.82) is 5.26 Å². The molecule has 1 atom stereocenters. The van der Waals surface area contributed by atoms with Gasteiger partial charge in [-0.25, -0.2) is 4.79 Å². The van der Waals surface area contributed by atoms with E-state index in [0.29, 0.717) is 35.7 Å². The van der Waals surface area contributed by atoms with Crippen LogP contribution in [0.3, 0.4) is 0 Å². The molecule has 0 saturated carbocycles. The molecule has 0 aliphatic carbocycles. The Morgan fingerprint density at radius 1 is 1.36 bits per heavy atom. The summed E-state index contributed by atoms with van der Waals surface area (Å²) in [7, 11) is 0. The topological polar surface area (TPSA) is 137 Å². The number of nitrogens with one attached hydrogen (secondary N) is 1. The van der Waals surface area contributed by atoms with Crippen LogP contribution in [0.4, 0.5) is 4.79 Å². The lowest BCUT2D eigenvalue weighted by molar-refractivity contribution is 0.0476. The van der Waals surface area contributed by atoms with E-state index in [4.69, 9.17) is 15.2 Å². The number of likely N-dealkylation sites (tertiary alicyclic amines) is 1. The molecular formula is C27H31N5O4. The zero-order valence-corrected chi connectivity index (χ0v) is 21.2. The molecule has 36 heavy (non-hydrogen) atoms. The fourth-order valence-electron chi connectivity index (χ4n) is 5.03. The van der Waals surface area contributed by atoms with Crippen LogP contribution in [0.1, 0.15) is 55.6 Å². The zero-order valence-electron chi connectivity index (χ0n) is 21.2. The van der Waals surface area contributed by atoms with E-state index in [2.05, 4.69) is 28.1 Å². The standard InChI is InChI=1S/C27H31N5O4/c1-15(2)27(22(11-28)24(29)36-25-23(27)17(5)30-31-25)21-9-18(8-20(10-21)14-33)6-7-19-12-32(13-19)26(34)35-16(3)4/h8-10,15-16,19,33H,12-14,29H2,1-5H3,(H,30,31). The molecule has 1 amide bonds. The number of aryl methyl sites for hydroxylation is 1. The van der Waals surface area contributed by atoms with E-state index in [-0.39, 0.29) is 36.5 Å². The Morgan fingerprint density at radius 2 is 2.08 bits per heavy atom. The van der Waals surface area contributed by atoms with Gasteiger partial charge in [-0.3, -0.25) is 5.10 Å². The Hall–Kier alpha value is -3.95. The summed E-state index contributed by atoms with van der Waals surface area (Å²) in [6, 6.07) is 7.92. The number of rotatable bonds is 4. The van der Waals surface area contributed by atoms with E-state index in [9.17, 15) is 15.2 Å². The van der Waals surface area contributed by atoms with Crippen molar-refractivity contribution in [2.45, 2.75) is 52.7 Å². The van der Waals surface area contributed by atoms with Crippen LogP contribution < -0.4 is 10.5 Å². The molecule has 0 radical (unpaired) electrons. The molecule has 9 nitrogen and oxygen atoms in total. The third-order valence-electron chi connectivity index (χ3n) is 6.66. The largest absolute Gasteiger partial charge is 0.447 e. The van der Waals surface area contributed by atoms with E-state index in [0.717, 1.165) is 16.8 Å². The van der Waals surface area contributed by atoms with Crippen molar-refractivity contribution in [3.05, 3.63) is 57.6 Å². The molecule has 0 spiro atoms. The van der Waals surface area contributed by atoms with Gasteiger partial charge in [0, 0.05) is 24.3 Å². The first kappa shape index (κ1) is 25.2. The van der Waals surface area contributed by atoms with Crippen LogP contribution in [0.5, 0.6) is 5.88 Å².